The standard InChI is InChI=1S/C21H25NO5/c1-5-16(15-10-8-7-9-11-15)20(24)27-12-17(23)18-13(3)22-14(4)19(18)21(25)26-6-2/h7-11,16,22H,5-6,12H2,1-4H3/t16-/m0/s1. The predicted molar refractivity (Wildman–Crippen MR) is 101 cm³/mol. The van der Waals surface area contributed by atoms with Crippen LogP contribution in [0.15, 0.2) is 30.3 Å². The summed E-state index contributed by atoms with van der Waals surface area (Å²) < 4.78 is 10.3. The highest BCUT2D eigenvalue weighted by Crippen LogP contribution is 2.23. The third-order valence-corrected chi connectivity index (χ3v) is 4.37. The molecular weight excluding hydrogens is 346 g/mol. The molecule has 27 heavy (non-hydrogen) atoms. The molecule has 1 atom stereocenters. The summed E-state index contributed by atoms with van der Waals surface area (Å²) in [7, 11) is 0. The van der Waals surface area contributed by atoms with Gasteiger partial charge in [0.15, 0.2) is 6.61 Å². The second-order valence-electron chi connectivity index (χ2n) is 6.25. The van der Waals surface area contributed by atoms with Crippen molar-refractivity contribution in [3.63, 3.8) is 0 Å². The van der Waals surface area contributed by atoms with Gasteiger partial charge in [-0.3, -0.25) is 9.59 Å². The normalized spacial score (nSPS) is 11.7. The van der Waals surface area contributed by atoms with Gasteiger partial charge in [0.05, 0.1) is 23.7 Å². The Bertz CT molecular complexity index is 823. The number of hydrogen-bond donors (Lipinski definition) is 1. The largest absolute Gasteiger partial charge is 0.462 e. The Morgan fingerprint density at radius 3 is 2.19 bits per heavy atom. The molecule has 0 aliphatic carbocycles. The van der Waals surface area contributed by atoms with Crippen LogP contribution in [0.1, 0.15) is 63.9 Å². The van der Waals surface area contributed by atoms with Gasteiger partial charge in [-0.25, -0.2) is 4.79 Å². The number of benzene rings is 1. The average molecular weight is 371 g/mol. The lowest BCUT2D eigenvalue weighted by molar-refractivity contribution is -0.144. The molecule has 0 bridgehead atoms. The second kappa shape index (κ2) is 9.16. The molecule has 1 heterocycles. The predicted octanol–water partition coefficient (Wildman–Crippen LogP) is 3.73. The van der Waals surface area contributed by atoms with Crippen molar-refractivity contribution in [3.05, 3.63) is 58.4 Å². The van der Waals surface area contributed by atoms with E-state index in [1.54, 1.807) is 20.8 Å². The van der Waals surface area contributed by atoms with Crippen molar-refractivity contribution in [2.75, 3.05) is 13.2 Å². The van der Waals surface area contributed by atoms with Gasteiger partial charge < -0.3 is 14.5 Å². The highest BCUT2D eigenvalue weighted by Gasteiger charge is 2.27. The van der Waals surface area contributed by atoms with Crippen LogP contribution >= 0.6 is 0 Å². The number of aromatic amines is 1. The van der Waals surface area contributed by atoms with Crippen molar-refractivity contribution in [2.24, 2.45) is 0 Å². The van der Waals surface area contributed by atoms with Crippen LogP contribution in [-0.2, 0) is 14.3 Å². The van der Waals surface area contributed by atoms with Gasteiger partial charge in [-0.1, -0.05) is 37.3 Å². The molecule has 144 valence electrons. The molecule has 1 N–H and O–H groups in total. The molecule has 0 unspecified atom stereocenters. The van der Waals surface area contributed by atoms with Crippen molar-refractivity contribution >= 4 is 17.7 Å². The van der Waals surface area contributed by atoms with Crippen molar-refractivity contribution < 1.29 is 23.9 Å². The van der Waals surface area contributed by atoms with E-state index >= 15 is 0 Å². The minimum absolute atomic E-state index is 0.200. The molecule has 0 amide bonds. The number of esters is 2. The molecule has 0 aliphatic rings. The fraction of sp³-hybridized carbons (Fsp3) is 0.381. The summed E-state index contributed by atoms with van der Waals surface area (Å²) in [5.41, 5.74) is 2.36. The number of Topliss-reactive ketones (excluding diaryl/α,β-unsaturated/α-hetero) is 1. The van der Waals surface area contributed by atoms with Crippen LogP contribution in [0.4, 0.5) is 0 Å². The quantitative estimate of drug-likeness (QED) is 0.564. The molecule has 2 rings (SSSR count). The van der Waals surface area contributed by atoms with Gasteiger partial charge in [0.2, 0.25) is 5.78 Å². The van der Waals surface area contributed by atoms with E-state index in [0.29, 0.717) is 17.8 Å². The molecule has 0 aliphatic heterocycles. The van der Waals surface area contributed by atoms with Gasteiger partial charge in [-0.15, -0.1) is 0 Å². The van der Waals surface area contributed by atoms with Crippen LogP contribution in [0.5, 0.6) is 0 Å². The number of hydrogen-bond acceptors (Lipinski definition) is 5. The number of carbonyl (C=O) groups excluding carboxylic acids is 3. The van der Waals surface area contributed by atoms with Crippen molar-refractivity contribution in [1.29, 1.82) is 0 Å². The summed E-state index contributed by atoms with van der Waals surface area (Å²) in [5, 5.41) is 0. The SMILES string of the molecule is CCOC(=O)c1c(C)[nH]c(C)c1C(=O)COC(=O)[C@@H](CC)c1ccccc1. The van der Waals surface area contributed by atoms with Gasteiger partial charge in [0, 0.05) is 11.4 Å². The Morgan fingerprint density at radius 1 is 0.963 bits per heavy atom. The maximum absolute atomic E-state index is 12.7. The fourth-order valence-corrected chi connectivity index (χ4v) is 3.12. The number of nitrogens with one attached hydrogen (secondary N) is 1. The maximum Gasteiger partial charge on any atom is 0.340 e. The van der Waals surface area contributed by atoms with E-state index in [0.717, 1.165) is 5.56 Å². The van der Waals surface area contributed by atoms with E-state index in [1.165, 1.54) is 0 Å². The van der Waals surface area contributed by atoms with Gasteiger partial charge in [0.1, 0.15) is 0 Å². The second-order valence-corrected chi connectivity index (χ2v) is 6.25. The molecule has 0 saturated carbocycles. The molecule has 0 fully saturated rings. The Balaban J connectivity index is 2.14. The van der Waals surface area contributed by atoms with Gasteiger partial charge in [0.25, 0.3) is 0 Å². The zero-order valence-corrected chi connectivity index (χ0v) is 16.1. The highest BCUT2D eigenvalue weighted by atomic mass is 16.5. The van der Waals surface area contributed by atoms with E-state index < -0.39 is 30.2 Å². The number of H-pyrrole nitrogens is 1. The van der Waals surface area contributed by atoms with Crippen LogP contribution in [0.3, 0.4) is 0 Å². The molecule has 1 aromatic heterocycles. The van der Waals surface area contributed by atoms with E-state index in [1.807, 2.05) is 37.3 Å². The van der Waals surface area contributed by atoms with E-state index in [-0.39, 0.29) is 17.7 Å². The van der Waals surface area contributed by atoms with Crippen LogP contribution in [0.25, 0.3) is 0 Å². The molecule has 6 heteroatoms. The third-order valence-electron chi connectivity index (χ3n) is 4.37. The van der Waals surface area contributed by atoms with Crippen LogP contribution in [0, 0.1) is 13.8 Å². The first kappa shape index (κ1) is 20.4. The summed E-state index contributed by atoms with van der Waals surface area (Å²) in [6, 6.07) is 9.30. The smallest absolute Gasteiger partial charge is 0.340 e. The van der Waals surface area contributed by atoms with Crippen LogP contribution in [-0.4, -0.2) is 35.9 Å². The molecule has 6 nitrogen and oxygen atoms in total. The first-order valence-corrected chi connectivity index (χ1v) is 9.01. The molecular formula is C21H25NO5. The van der Waals surface area contributed by atoms with Crippen molar-refractivity contribution in [3.8, 4) is 0 Å². The number of rotatable bonds is 8. The summed E-state index contributed by atoms with van der Waals surface area (Å²) in [5.74, 6) is -1.89. The number of aryl methyl sites for hydroxylation is 2. The molecule has 2 aromatic rings. The molecule has 0 radical (unpaired) electrons. The first-order chi connectivity index (χ1) is 12.9. The van der Waals surface area contributed by atoms with E-state index in [4.69, 9.17) is 9.47 Å². The Morgan fingerprint density at radius 2 is 1.59 bits per heavy atom. The Hall–Kier alpha value is -2.89. The van der Waals surface area contributed by atoms with Crippen molar-refractivity contribution in [2.45, 2.75) is 40.0 Å². The van der Waals surface area contributed by atoms with E-state index in [2.05, 4.69) is 4.98 Å². The lowest BCUT2D eigenvalue weighted by Gasteiger charge is -2.14. The number of ketones is 1. The Labute approximate surface area is 158 Å². The minimum Gasteiger partial charge on any atom is -0.462 e. The van der Waals surface area contributed by atoms with Gasteiger partial charge in [-0.2, -0.15) is 0 Å². The van der Waals surface area contributed by atoms with Gasteiger partial charge in [-0.05, 0) is 32.8 Å². The lowest BCUT2D eigenvalue weighted by atomic mass is 9.97. The zero-order chi connectivity index (χ0) is 20.0. The van der Waals surface area contributed by atoms with E-state index in [9.17, 15) is 14.4 Å². The first-order valence-electron chi connectivity index (χ1n) is 9.01. The number of aromatic nitrogens is 1. The summed E-state index contributed by atoms with van der Waals surface area (Å²) in [6.45, 7) is 6.77. The number of carbonyl (C=O) groups is 3. The monoisotopic (exact) mass is 371 g/mol. The minimum atomic E-state index is -0.565. The fourth-order valence-electron chi connectivity index (χ4n) is 3.12. The average Bonchev–Trinajstić information content (AvgIpc) is 2.95. The Kier molecular flexibility index (Phi) is 6.93. The molecule has 0 saturated heterocycles. The van der Waals surface area contributed by atoms with Crippen LogP contribution < -0.4 is 0 Å². The van der Waals surface area contributed by atoms with Gasteiger partial charge >= 0.3 is 11.9 Å². The summed E-state index contributed by atoms with van der Waals surface area (Å²) in [6.07, 6.45) is 0.563. The number of ether oxygens (including phenoxy) is 2. The zero-order valence-electron chi connectivity index (χ0n) is 16.1. The molecule has 1 aromatic carbocycles. The summed E-state index contributed by atoms with van der Waals surface area (Å²) in [4.78, 5) is 40.3. The maximum atomic E-state index is 12.7. The third kappa shape index (κ3) is 4.64. The highest BCUT2D eigenvalue weighted by molar-refractivity contribution is 6.09. The summed E-state index contributed by atoms with van der Waals surface area (Å²) >= 11 is 0. The topological polar surface area (TPSA) is 85.5 Å². The van der Waals surface area contributed by atoms with Crippen molar-refractivity contribution in [1.82, 2.24) is 4.98 Å². The van der Waals surface area contributed by atoms with Crippen LogP contribution in [0.2, 0.25) is 0 Å². The molecule has 0 spiro atoms. The lowest BCUT2D eigenvalue weighted by Crippen LogP contribution is -2.21.